The van der Waals surface area contributed by atoms with Crippen LogP contribution in [0.15, 0.2) is 53.4 Å². The van der Waals surface area contributed by atoms with Crippen LogP contribution >= 0.6 is 0 Å². The minimum Gasteiger partial charge on any atom is -0.316 e. The monoisotopic (exact) mass is 256 g/mol. The van der Waals surface area contributed by atoms with E-state index in [1.807, 2.05) is 26.0 Å². The van der Waals surface area contributed by atoms with Gasteiger partial charge in [0.25, 0.3) is 0 Å². The minimum atomic E-state index is 0.00722. The lowest BCUT2D eigenvalue weighted by Crippen LogP contribution is -2.42. The lowest BCUT2D eigenvalue weighted by molar-refractivity contribution is 0.303. The van der Waals surface area contributed by atoms with Gasteiger partial charge in [0.05, 0.1) is 5.70 Å². The molecule has 1 atom stereocenters. The van der Waals surface area contributed by atoms with Crippen molar-refractivity contribution >= 4 is 11.9 Å². The third-order valence-electron chi connectivity index (χ3n) is 3.33. The van der Waals surface area contributed by atoms with E-state index in [0.717, 1.165) is 17.2 Å². The van der Waals surface area contributed by atoms with Crippen LogP contribution in [0.3, 0.4) is 0 Å². The maximum Gasteiger partial charge on any atom is 0.168 e. The molecule has 1 aromatic carbocycles. The van der Waals surface area contributed by atoms with Crippen LogP contribution in [0.1, 0.15) is 19.4 Å². The Hall–Kier alpha value is -2.07. The average Bonchev–Trinajstić information content (AvgIpc) is 2.64. The topological polar surface area (TPSA) is 44.9 Å². The largest absolute Gasteiger partial charge is 0.316 e. The summed E-state index contributed by atoms with van der Waals surface area (Å²) in [5, 5.41) is 1.67. The number of allylic oxidation sites excluding steroid dienone is 1. The Labute approximate surface area is 114 Å². The molecule has 0 saturated carbocycles. The highest BCUT2D eigenvalue weighted by molar-refractivity contribution is 5.64. The minimum absolute atomic E-state index is 0.00722. The second-order valence-corrected chi connectivity index (χ2v) is 4.50. The van der Waals surface area contributed by atoms with Gasteiger partial charge >= 0.3 is 0 Å². The first-order valence-corrected chi connectivity index (χ1v) is 6.36. The molecule has 100 valence electrons. The number of aryl methyl sites for hydroxylation is 1. The predicted molar refractivity (Wildman–Crippen MR) is 80.5 cm³/mol. The number of nitrogens with zero attached hydrogens (tertiary/aromatic N) is 3. The van der Waals surface area contributed by atoms with Gasteiger partial charge in [-0.25, -0.2) is 10.8 Å². The van der Waals surface area contributed by atoms with Gasteiger partial charge in [-0.3, -0.25) is 5.01 Å². The fourth-order valence-electron chi connectivity index (χ4n) is 2.35. The molecule has 1 aromatic rings. The molecular weight excluding hydrogens is 236 g/mol. The van der Waals surface area contributed by atoms with E-state index < -0.39 is 0 Å². The van der Waals surface area contributed by atoms with Gasteiger partial charge in [0, 0.05) is 11.9 Å². The molecule has 1 aliphatic heterocycles. The van der Waals surface area contributed by atoms with Crippen LogP contribution in [0.4, 0.5) is 5.69 Å². The highest BCUT2D eigenvalue weighted by Gasteiger charge is 2.33. The summed E-state index contributed by atoms with van der Waals surface area (Å²) in [6.07, 6.45) is 3.55. The number of nitrogens with two attached hydrogens (primary N) is 1. The van der Waals surface area contributed by atoms with E-state index in [4.69, 9.17) is 5.84 Å². The van der Waals surface area contributed by atoms with Crippen LogP contribution in [0.25, 0.3) is 0 Å². The summed E-state index contributed by atoms with van der Waals surface area (Å²) in [5.74, 6) is 6.87. The second-order valence-electron chi connectivity index (χ2n) is 4.50. The molecule has 4 heteroatoms. The molecule has 2 N–H and O–H groups in total. The van der Waals surface area contributed by atoms with Gasteiger partial charge in [0.1, 0.15) is 6.17 Å². The number of para-hydroxylation sites is 1. The van der Waals surface area contributed by atoms with Gasteiger partial charge in [-0.15, -0.1) is 0 Å². The van der Waals surface area contributed by atoms with Crippen LogP contribution in [0, 0.1) is 6.92 Å². The van der Waals surface area contributed by atoms with Crippen molar-refractivity contribution in [1.29, 1.82) is 0 Å². The Morgan fingerprint density at radius 2 is 2.05 bits per heavy atom. The summed E-state index contributed by atoms with van der Waals surface area (Å²) in [6, 6.07) is 8.23. The van der Waals surface area contributed by atoms with E-state index in [0.29, 0.717) is 0 Å². The van der Waals surface area contributed by atoms with Crippen molar-refractivity contribution in [1.82, 2.24) is 5.01 Å². The summed E-state index contributed by atoms with van der Waals surface area (Å²) in [6.45, 7) is 9.91. The van der Waals surface area contributed by atoms with Crippen LogP contribution < -0.4 is 10.7 Å². The van der Waals surface area contributed by atoms with Gasteiger partial charge < -0.3 is 4.90 Å². The van der Waals surface area contributed by atoms with Crippen molar-refractivity contribution < 1.29 is 0 Å². The van der Waals surface area contributed by atoms with Gasteiger partial charge in [0.2, 0.25) is 0 Å². The summed E-state index contributed by atoms with van der Waals surface area (Å²) in [7, 11) is 0. The van der Waals surface area contributed by atoms with E-state index in [-0.39, 0.29) is 6.17 Å². The van der Waals surface area contributed by atoms with Crippen molar-refractivity contribution in [3.8, 4) is 0 Å². The summed E-state index contributed by atoms with van der Waals surface area (Å²) in [4.78, 5) is 6.51. The zero-order valence-corrected chi connectivity index (χ0v) is 11.7. The first-order chi connectivity index (χ1) is 9.11. The predicted octanol–water partition coefficient (Wildman–Crippen LogP) is 2.78. The second kappa shape index (κ2) is 5.28. The molecule has 0 spiro atoms. The van der Waals surface area contributed by atoms with E-state index in [1.165, 1.54) is 5.56 Å². The highest BCUT2D eigenvalue weighted by atomic mass is 15.6. The summed E-state index contributed by atoms with van der Waals surface area (Å²) < 4.78 is 0. The quantitative estimate of drug-likeness (QED) is 0.668. The Kier molecular flexibility index (Phi) is 3.71. The molecule has 1 unspecified atom stereocenters. The lowest BCUT2D eigenvalue weighted by Gasteiger charge is -2.29. The van der Waals surface area contributed by atoms with E-state index in [2.05, 4.69) is 35.5 Å². The number of hydrogen-bond acceptors (Lipinski definition) is 4. The molecule has 4 nitrogen and oxygen atoms in total. The number of aliphatic imine (C=N–C) groups is 1. The molecule has 0 fully saturated rings. The fourth-order valence-corrected chi connectivity index (χ4v) is 2.35. The van der Waals surface area contributed by atoms with Crippen molar-refractivity contribution in [3.05, 3.63) is 54.0 Å². The molecule has 1 heterocycles. The fraction of sp³-hybridized carbons (Fsp3) is 0.267. The van der Waals surface area contributed by atoms with Gasteiger partial charge in [0.15, 0.2) is 5.82 Å². The lowest BCUT2D eigenvalue weighted by atomic mass is 10.1. The van der Waals surface area contributed by atoms with Gasteiger partial charge in [-0.1, -0.05) is 24.8 Å². The maximum absolute atomic E-state index is 6.12. The van der Waals surface area contributed by atoms with Gasteiger partial charge in [-0.2, -0.15) is 0 Å². The standard InChI is InChI=1S/C15H20N4/c1-5-13-15(17-6-2)19(16)12(4)18(13)14-10-8-7-9-11(14)3/h5-10,12H,1,16H2,2-4H3/b17-6-. The molecule has 0 saturated heterocycles. The number of hydrazine groups is 1. The van der Waals surface area contributed by atoms with Crippen LogP contribution in [0.5, 0.6) is 0 Å². The molecule has 19 heavy (non-hydrogen) atoms. The SMILES string of the molecule is C=CC1=C(/N=C\C)N(N)C(C)N1c1ccccc1C. The van der Waals surface area contributed by atoms with Crippen molar-refractivity contribution in [3.63, 3.8) is 0 Å². The highest BCUT2D eigenvalue weighted by Crippen LogP contribution is 2.34. The third-order valence-corrected chi connectivity index (χ3v) is 3.33. The van der Waals surface area contributed by atoms with Gasteiger partial charge in [-0.05, 0) is 38.5 Å². The van der Waals surface area contributed by atoms with Crippen molar-refractivity contribution in [2.24, 2.45) is 10.8 Å². The van der Waals surface area contributed by atoms with Crippen LogP contribution in [-0.2, 0) is 0 Å². The average molecular weight is 256 g/mol. The summed E-state index contributed by atoms with van der Waals surface area (Å²) in [5.41, 5.74) is 3.26. The third kappa shape index (κ3) is 2.15. The Morgan fingerprint density at radius 3 is 2.63 bits per heavy atom. The first-order valence-electron chi connectivity index (χ1n) is 6.36. The smallest absolute Gasteiger partial charge is 0.168 e. The van der Waals surface area contributed by atoms with Crippen molar-refractivity contribution in [2.75, 3.05) is 4.90 Å². The molecule has 0 aromatic heterocycles. The summed E-state index contributed by atoms with van der Waals surface area (Å²) >= 11 is 0. The van der Waals surface area contributed by atoms with E-state index >= 15 is 0 Å². The molecule has 0 aliphatic carbocycles. The molecule has 0 bridgehead atoms. The Morgan fingerprint density at radius 1 is 1.37 bits per heavy atom. The zero-order valence-electron chi connectivity index (χ0n) is 11.7. The number of anilines is 1. The van der Waals surface area contributed by atoms with E-state index in [9.17, 15) is 0 Å². The van der Waals surface area contributed by atoms with E-state index in [1.54, 1.807) is 17.3 Å². The van der Waals surface area contributed by atoms with Crippen LogP contribution in [0.2, 0.25) is 0 Å². The number of hydrogen-bond donors (Lipinski definition) is 1. The number of benzene rings is 1. The molecular formula is C15H20N4. The van der Waals surface area contributed by atoms with Crippen molar-refractivity contribution in [2.45, 2.75) is 26.9 Å². The van der Waals surface area contributed by atoms with Crippen LogP contribution in [-0.4, -0.2) is 17.4 Å². The normalized spacial score (nSPS) is 19.7. The molecule has 2 rings (SSSR count). The first kappa shape index (κ1) is 13.4. The maximum atomic E-state index is 6.12. The molecule has 0 radical (unpaired) electrons. The molecule has 0 amide bonds. The Bertz CT molecular complexity index is 545. The zero-order chi connectivity index (χ0) is 14.0. The molecule has 1 aliphatic rings. The Balaban J connectivity index is 2.57. The number of rotatable bonds is 3.